The monoisotopic (exact) mass is 171 g/mol. The van der Waals surface area contributed by atoms with Crippen LogP contribution in [0.2, 0.25) is 0 Å². The van der Waals surface area contributed by atoms with Gasteiger partial charge >= 0.3 is 0 Å². The van der Waals surface area contributed by atoms with Crippen molar-refractivity contribution < 1.29 is 0 Å². The Labute approximate surface area is 73.4 Å². The minimum atomic E-state index is 0.966. The zero-order chi connectivity index (χ0) is 8.53. The molecule has 2 heteroatoms. The molecule has 1 nitrogen and oxygen atoms in total. The van der Waals surface area contributed by atoms with Crippen molar-refractivity contribution in [1.82, 2.24) is 5.32 Å². The first-order chi connectivity index (χ1) is 5.35. The summed E-state index contributed by atoms with van der Waals surface area (Å²) in [5.74, 6) is 0. The Morgan fingerprint density at radius 1 is 1.64 bits per heavy atom. The molecule has 0 aliphatic heterocycles. The Balaban J connectivity index is 3.83. The van der Waals surface area contributed by atoms with E-state index in [1.54, 1.807) is 6.08 Å². The molecular weight excluding hydrogens is 158 g/mol. The van der Waals surface area contributed by atoms with Crippen LogP contribution in [0.5, 0.6) is 0 Å². The summed E-state index contributed by atoms with van der Waals surface area (Å²) in [6.45, 7) is 4.66. The van der Waals surface area contributed by atoms with Crippen molar-refractivity contribution in [2.24, 2.45) is 0 Å². The fourth-order valence-electron chi connectivity index (χ4n) is 0.683. The molecular formula is C9H14ClN. The average Bonchev–Trinajstić information content (AvgIpc) is 2.05. The van der Waals surface area contributed by atoms with Crippen LogP contribution >= 0.6 is 11.6 Å². The molecule has 0 saturated carbocycles. The molecule has 0 aromatic rings. The average molecular weight is 172 g/mol. The maximum absolute atomic E-state index is 5.36. The Hall–Kier alpha value is -0.530. The van der Waals surface area contributed by atoms with Crippen molar-refractivity contribution >= 4 is 11.6 Å². The van der Waals surface area contributed by atoms with Gasteiger partial charge in [-0.3, -0.25) is 0 Å². The molecule has 0 fully saturated rings. The van der Waals surface area contributed by atoms with Gasteiger partial charge in [-0.05, 0) is 25.6 Å². The Bertz CT molecular complexity index is 159. The zero-order valence-corrected chi connectivity index (χ0v) is 7.56. The quantitative estimate of drug-likeness (QED) is 0.627. The van der Waals surface area contributed by atoms with E-state index in [1.165, 1.54) is 11.1 Å². The van der Waals surface area contributed by atoms with Gasteiger partial charge in [-0.1, -0.05) is 36.4 Å². The molecule has 0 aromatic carbocycles. The fourth-order valence-corrected chi connectivity index (χ4v) is 0.755. The SMILES string of the molecule is C=C/C(=C\C=C\Cl)CCNC. The highest BCUT2D eigenvalue weighted by atomic mass is 35.5. The Kier molecular flexibility index (Phi) is 7.21. The van der Waals surface area contributed by atoms with Crippen molar-refractivity contribution in [2.45, 2.75) is 6.42 Å². The summed E-state index contributed by atoms with van der Waals surface area (Å²) < 4.78 is 0. The van der Waals surface area contributed by atoms with Gasteiger partial charge in [-0.2, -0.15) is 0 Å². The first-order valence-corrected chi connectivity index (χ1v) is 4.01. The molecule has 0 aliphatic carbocycles. The van der Waals surface area contributed by atoms with Crippen LogP contribution in [0, 0.1) is 0 Å². The zero-order valence-electron chi connectivity index (χ0n) is 6.81. The van der Waals surface area contributed by atoms with Crippen LogP contribution in [0.3, 0.4) is 0 Å². The molecule has 0 aromatic heterocycles. The van der Waals surface area contributed by atoms with Crippen LogP contribution < -0.4 is 5.32 Å². The highest BCUT2D eigenvalue weighted by molar-refractivity contribution is 6.25. The van der Waals surface area contributed by atoms with Gasteiger partial charge < -0.3 is 5.32 Å². The first-order valence-electron chi connectivity index (χ1n) is 3.58. The molecule has 62 valence electrons. The smallest absolute Gasteiger partial charge is 0.00425 e. The van der Waals surface area contributed by atoms with Gasteiger partial charge in [0, 0.05) is 5.54 Å². The van der Waals surface area contributed by atoms with E-state index in [0.29, 0.717) is 0 Å². The second-order valence-electron chi connectivity index (χ2n) is 2.12. The molecule has 0 bridgehead atoms. The van der Waals surface area contributed by atoms with E-state index in [0.717, 1.165) is 13.0 Å². The van der Waals surface area contributed by atoms with Gasteiger partial charge in [0.15, 0.2) is 0 Å². The van der Waals surface area contributed by atoms with Crippen LogP contribution in [0.25, 0.3) is 0 Å². The van der Waals surface area contributed by atoms with Crippen LogP contribution in [-0.4, -0.2) is 13.6 Å². The number of rotatable bonds is 5. The summed E-state index contributed by atoms with van der Waals surface area (Å²) in [6.07, 6.45) is 6.58. The van der Waals surface area contributed by atoms with E-state index in [-0.39, 0.29) is 0 Å². The molecule has 0 radical (unpaired) electrons. The number of hydrogen-bond donors (Lipinski definition) is 1. The molecule has 0 aliphatic rings. The highest BCUT2D eigenvalue weighted by Crippen LogP contribution is 2.01. The van der Waals surface area contributed by atoms with Crippen LogP contribution in [0.4, 0.5) is 0 Å². The van der Waals surface area contributed by atoms with Crippen molar-refractivity contribution in [3.05, 3.63) is 35.9 Å². The van der Waals surface area contributed by atoms with Gasteiger partial charge in [-0.25, -0.2) is 0 Å². The summed E-state index contributed by atoms with van der Waals surface area (Å²) in [7, 11) is 1.93. The summed E-state index contributed by atoms with van der Waals surface area (Å²) >= 11 is 5.36. The Morgan fingerprint density at radius 3 is 2.82 bits per heavy atom. The van der Waals surface area contributed by atoms with E-state index in [4.69, 9.17) is 11.6 Å². The molecule has 11 heavy (non-hydrogen) atoms. The van der Waals surface area contributed by atoms with Crippen molar-refractivity contribution in [1.29, 1.82) is 0 Å². The predicted molar refractivity (Wildman–Crippen MR) is 51.8 cm³/mol. The summed E-state index contributed by atoms with van der Waals surface area (Å²) in [6, 6.07) is 0. The second kappa shape index (κ2) is 7.58. The van der Waals surface area contributed by atoms with Gasteiger partial charge in [0.1, 0.15) is 0 Å². The predicted octanol–water partition coefficient (Wildman–Crippen LogP) is 2.46. The minimum absolute atomic E-state index is 0.966. The van der Waals surface area contributed by atoms with E-state index < -0.39 is 0 Å². The normalized spacial score (nSPS) is 12.4. The van der Waals surface area contributed by atoms with Crippen molar-refractivity contribution in [3.63, 3.8) is 0 Å². The van der Waals surface area contributed by atoms with Gasteiger partial charge in [0.25, 0.3) is 0 Å². The van der Waals surface area contributed by atoms with E-state index in [1.807, 2.05) is 19.2 Å². The number of nitrogens with one attached hydrogen (secondary N) is 1. The molecule has 0 saturated heterocycles. The van der Waals surface area contributed by atoms with Gasteiger partial charge in [-0.15, -0.1) is 0 Å². The van der Waals surface area contributed by atoms with Crippen molar-refractivity contribution in [2.75, 3.05) is 13.6 Å². The standard InChI is InChI=1S/C9H14ClN/c1-3-9(5-4-7-10)6-8-11-2/h3-5,7,11H,1,6,8H2,2H3/b7-4+,9-5+. The van der Waals surface area contributed by atoms with E-state index in [9.17, 15) is 0 Å². The van der Waals surface area contributed by atoms with Crippen molar-refractivity contribution in [3.8, 4) is 0 Å². The van der Waals surface area contributed by atoms with E-state index in [2.05, 4.69) is 11.9 Å². The molecule has 0 spiro atoms. The molecule has 1 N–H and O–H groups in total. The molecule has 0 rings (SSSR count). The number of halogens is 1. The van der Waals surface area contributed by atoms with Crippen LogP contribution in [0.1, 0.15) is 6.42 Å². The third-order valence-electron chi connectivity index (χ3n) is 1.31. The van der Waals surface area contributed by atoms with E-state index >= 15 is 0 Å². The molecule has 0 atom stereocenters. The number of allylic oxidation sites excluding steroid dienone is 3. The lowest BCUT2D eigenvalue weighted by molar-refractivity contribution is 0.794. The molecule has 0 unspecified atom stereocenters. The fraction of sp³-hybridized carbons (Fsp3) is 0.333. The Morgan fingerprint density at radius 2 is 2.36 bits per heavy atom. The molecule has 0 amide bonds. The first kappa shape index (κ1) is 10.5. The van der Waals surface area contributed by atoms with Crippen LogP contribution in [0.15, 0.2) is 35.9 Å². The summed E-state index contributed by atoms with van der Waals surface area (Å²) in [4.78, 5) is 0. The lowest BCUT2D eigenvalue weighted by Gasteiger charge is -1.98. The topological polar surface area (TPSA) is 12.0 Å². The molecule has 0 heterocycles. The highest BCUT2D eigenvalue weighted by Gasteiger charge is 1.87. The third-order valence-corrected chi connectivity index (χ3v) is 1.45. The summed E-state index contributed by atoms with van der Waals surface area (Å²) in [5.41, 5.74) is 2.68. The second-order valence-corrected chi connectivity index (χ2v) is 2.37. The van der Waals surface area contributed by atoms with Gasteiger partial charge in [0.2, 0.25) is 0 Å². The maximum Gasteiger partial charge on any atom is 0.00425 e. The minimum Gasteiger partial charge on any atom is -0.319 e. The third kappa shape index (κ3) is 5.89. The maximum atomic E-state index is 5.36. The largest absolute Gasteiger partial charge is 0.319 e. The van der Waals surface area contributed by atoms with Gasteiger partial charge in [0.05, 0.1) is 0 Å². The van der Waals surface area contributed by atoms with Crippen LogP contribution in [-0.2, 0) is 0 Å². The lowest BCUT2D eigenvalue weighted by atomic mass is 10.2. The lowest BCUT2D eigenvalue weighted by Crippen LogP contribution is -2.07. The summed E-state index contributed by atoms with van der Waals surface area (Å²) in [5, 5.41) is 3.06. The number of hydrogen-bond acceptors (Lipinski definition) is 1.